The maximum absolute atomic E-state index is 12.0. The van der Waals surface area contributed by atoms with Crippen LogP contribution in [0.1, 0.15) is 22.8 Å². The maximum atomic E-state index is 12.0. The summed E-state index contributed by atoms with van der Waals surface area (Å²) in [4.78, 5) is 23.1. The van der Waals surface area contributed by atoms with Gasteiger partial charge in [-0.2, -0.15) is 5.10 Å². The Labute approximate surface area is 139 Å². The molecule has 0 bridgehead atoms. The Morgan fingerprint density at radius 2 is 2.00 bits per heavy atom. The largest absolute Gasteiger partial charge is 0.504 e. The summed E-state index contributed by atoms with van der Waals surface area (Å²) >= 11 is 0. The quantitative estimate of drug-likeness (QED) is 0.578. The first-order valence-electron chi connectivity index (χ1n) is 7.07. The van der Waals surface area contributed by atoms with E-state index in [1.54, 1.807) is 36.4 Å². The number of nitrogens with zero attached hydrogens (tertiary/aromatic N) is 1. The second-order valence-corrected chi connectivity index (χ2v) is 4.89. The summed E-state index contributed by atoms with van der Waals surface area (Å²) in [5.74, 6) is -0.303. The Hall–Kier alpha value is -3.35. The third-order valence-electron chi connectivity index (χ3n) is 3.03. The fraction of sp³-hybridized carbons (Fsp3) is 0.118. The van der Waals surface area contributed by atoms with Crippen LogP contribution in [0.15, 0.2) is 47.6 Å². The highest BCUT2D eigenvalue weighted by molar-refractivity contribution is 5.97. The average molecular weight is 327 g/mol. The third-order valence-corrected chi connectivity index (χ3v) is 3.03. The van der Waals surface area contributed by atoms with Crippen LogP contribution < -0.4 is 15.5 Å². The summed E-state index contributed by atoms with van der Waals surface area (Å²) in [5, 5.41) is 16.1. The van der Waals surface area contributed by atoms with Crippen molar-refractivity contribution in [3.05, 3.63) is 53.6 Å². The topological polar surface area (TPSA) is 100 Å². The number of carbonyl (C=O) groups is 2. The number of amides is 2. The molecule has 0 radical (unpaired) electrons. The lowest BCUT2D eigenvalue weighted by atomic mass is 10.2. The summed E-state index contributed by atoms with van der Waals surface area (Å²) in [6, 6.07) is 11.2. The minimum absolute atomic E-state index is 0.0178. The van der Waals surface area contributed by atoms with Crippen LogP contribution in [0.4, 0.5) is 5.69 Å². The molecule has 0 aliphatic heterocycles. The fourth-order valence-corrected chi connectivity index (χ4v) is 1.96. The van der Waals surface area contributed by atoms with E-state index < -0.39 is 5.91 Å². The van der Waals surface area contributed by atoms with Crippen molar-refractivity contribution in [2.75, 3.05) is 12.4 Å². The first-order valence-corrected chi connectivity index (χ1v) is 7.07. The van der Waals surface area contributed by atoms with Crippen molar-refractivity contribution in [2.24, 2.45) is 5.10 Å². The Kier molecular flexibility index (Phi) is 5.51. The summed E-state index contributed by atoms with van der Waals surface area (Å²) < 4.78 is 4.94. The molecule has 3 N–H and O–H groups in total. The lowest BCUT2D eigenvalue weighted by Gasteiger charge is -2.05. The molecule has 0 saturated carbocycles. The first-order chi connectivity index (χ1) is 11.5. The number of methoxy groups -OCH3 is 1. The number of carbonyl (C=O) groups excluding carboxylic acids is 2. The van der Waals surface area contributed by atoms with E-state index in [1.165, 1.54) is 26.3 Å². The number of ether oxygens (including phenoxy) is 1. The van der Waals surface area contributed by atoms with Crippen molar-refractivity contribution in [3.63, 3.8) is 0 Å². The maximum Gasteiger partial charge on any atom is 0.271 e. The molecule has 2 aromatic rings. The smallest absolute Gasteiger partial charge is 0.271 e. The van der Waals surface area contributed by atoms with E-state index in [9.17, 15) is 14.7 Å². The van der Waals surface area contributed by atoms with Gasteiger partial charge in [0.25, 0.3) is 5.91 Å². The molecule has 0 aliphatic rings. The van der Waals surface area contributed by atoms with Crippen LogP contribution in [-0.4, -0.2) is 30.2 Å². The van der Waals surface area contributed by atoms with Crippen molar-refractivity contribution in [2.45, 2.75) is 6.92 Å². The number of nitrogens with one attached hydrogen (secondary N) is 2. The van der Waals surface area contributed by atoms with Crippen molar-refractivity contribution < 1.29 is 19.4 Å². The Balaban J connectivity index is 2.02. The van der Waals surface area contributed by atoms with Crippen molar-refractivity contribution in [3.8, 4) is 11.5 Å². The molecule has 0 aromatic heterocycles. The molecule has 0 spiro atoms. The van der Waals surface area contributed by atoms with Gasteiger partial charge in [0.15, 0.2) is 11.5 Å². The Morgan fingerprint density at radius 3 is 2.67 bits per heavy atom. The molecule has 7 nitrogen and oxygen atoms in total. The second kappa shape index (κ2) is 7.77. The molecule has 0 saturated heterocycles. The second-order valence-electron chi connectivity index (χ2n) is 4.89. The highest BCUT2D eigenvalue weighted by atomic mass is 16.5. The highest BCUT2D eigenvalue weighted by Crippen LogP contribution is 2.25. The number of aromatic hydroxyl groups is 1. The lowest BCUT2D eigenvalue weighted by Crippen LogP contribution is -2.18. The number of phenolic OH excluding ortho intramolecular Hbond substituents is 1. The molecule has 0 unspecified atom stereocenters. The number of phenols is 1. The van der Waals surface area contributed by atoms with Gasteiger partial charge in [0.1, 0.15) is 0 Å². The number of hydrogen-bond acceptors (Lipinski definition) is 5. The molecular formula is C17H17N3O4. The van der Waals surface area contributed by atoms with Gasteiger partial charge in [0, 0.05) is 18.2 Å². The van der Waals surface area contributed by atoms with Gasteiger partial charge in [-0.25, -0.2) is 5.43 Å². The van der Waals surface area contributed by atoms with Crippen LogP contribution in [0.2, 0.25) is 0 Å². The van der Waals surface area contributed by atoms with Gasteiger partial charge in [0.2, 0.25) is 5.91 Å². The van der Waals surface area contributed by atoms with E-state index in [0.717, 1.165) is 0 Å². The van der Waals surface area contributed by atoms with Crippen molar-refractivity contribution in [1.29, 1.82) is 0 Å². The van der Waals surface area contributed by atoms with Crippen LogP contribution in [0.3, 0.4) is 0 Å². The summed E-state index contributed by atoms with van der Waals surface area (Å²) in [5.41, 5.74) is 3.86. The SMILES string of the molecule is COc1ccc(/C=N\NC(=O)c2cccc(NC(C)=O)c2)cc1O. The van der Waals surface area contributed by atoms with Gasteiger partial charge in [-0.3, -0.25) is 9.59 Å². The van der Waals surface area contributed by atoms with Gasteiger partial charge in [-0.15, -0.1) is 0 Å². The van der Waals surface area contributed by atoms with Gasteiger partial charge in [-0.05, 0) is 42.0 Å². The number of anilines is 1. The highest BCUT2D eigenvalue weighted by Gasteiger charge is 2.06. The normalized spacial score (nSPS) is 10.4. The Morgan fingerprint density at radius 1 is 1.21 bits per heavy atom. The van der Waals surface area contributed by atoms with E-state index in [-0.39, 0.29) is 11.7 Å². The minimum atomic E-state index is -0.420. The zero-order valence-corrected chi connectivity index (χ0v) is 13.2. The molecular weight excluding hydrogens is 310 g/mol. The monoisotopic (exact) mass is 327 g/mol. The van der Waals surface area contributed by atoms with E-state index >= 15 is 0 Å². The number of hydrazone groups is 1. The molecule has 7 heteroatoms. The van der Waals surface area contributed by atoms with E-state index in [1.807, 2.05) is 0 Å². The van der Waals surface area contributed by atoms with Crippen LogP contribution >= 0.6 is 0 Å². The summed E-state index contributed by atoms with van der Waals surface area (Å²) in [7, 11) is 1.46. The minimum Gasteiger partial charge on any atom is -0.504 e. The van der Waals surface area contributed by atoms with Gasteiger partial charge in [0.05, 0.1) is 13.3 Å². The van der Waals surface area contributed by atoms with Crippen LogP contribution in [-0.2, 0) is 4.79 Å². The van der Waals surface area contributed by atoms with Gasteiger partial charge >= 0.3 is 0 Å². The molecule has 0 atom stereocenters. The average Bonchev–Trinajstić information content (AvgIpc) is 2.54. The molecule has 0 fully saturated rings. The third kappa shape index (κ3) is 4.57. The van der Waals surface area contributed by atoms with Crippen LogP contribution in [0, 0.1) is 0 Å². The standard InChI is InChI=1S/C17H17N3O4/c1-11(21)19-14-5-3-4-13(9-14)17(23)20-18-10-12-6-7-16(24-2)15(22)8-12/h3-10,22H,1-2H3,(H,19,21)(H,20,23)/b18-10-. The molecule has 24 heavy (non-hydrogen) atoms. The predicted molar refractivity (Wildman–Crippen MR) is 90.5 cm³/mol. The first kappa shape index (κ1) is 17.0. The zero-order chi connectivity index (χ0) is 17.5. The lowest BCUT2D eigenvalue weighted by molar-refractivity contribution is -0.114. The molecule has 0 aliphatic carbocycles. The molecule has 2 rings (SSSR count). The van der Waals surface area contributed by atoms with Gasteiger partial charge < -0.3 is 15.2 Å². The van der Waals surface area contributed by atoms with E-state index in [0.29, 0.717) is 22.6 Å². The van der Waals surface area contributed by atoms with Crippen LogP contribution in [0.5, 0.6) is 11.5 Å². The molecule has 2 aromatic carbocycles. The predicted octanol–water partition coefficient (Wildman–Crippen LogP) is 2.12. The fourth-order valence-electron chi connectivity index (χ4n) is 1.96. The van der Waals surface area contributed by atoms with E-state index in [2.05, 4.69) is 15.8 Å². The zero-order valence-electron chi connectivity index (χ0n) is 13.2. The number of rotatable bonds is 5. The summed E-state index contributed by atoms with van der Waals surface area (Å²) in [6.07, 6.45) is 1.40. The van der Waals surface area contributed by atoms with Crippen molar-refractivity contribution in [1.82, 2.24) is 5.43 Å². The van der Waals surface area contributed by atoms with E-state index in [4.69, 9.17) is 4.74 Å². The number of benzene rings is 2. The molecule has 0 heterocycles. The van der Waals surface area contributed by atoms with Gasteiger partial charge in [-0.1, -0.05) is 6.07 Å². The summed E-state index contributed by atoms with van der Waals surface area (Å²) in [6.45, 7) is 1.39. The van der Waals surface area contributed by atoms with Crippen molar-refractivity contribution >= 4 is 23.7 Å². The Bertz CT molecular complexity index is 787. The molecule has 124 valence electrons. The number of hydrogen-bond donors (Lipinski definition) is 3. The van der Waals surface area contributed by atoms with Crippen LogP contribution in [0.25, 0.3) is 0 Å². The molecule has 2 amide bonds.